The summed E-state index contributed by atoms with van der Waals surface area (Å²) in [6.07, 6.45) is 1.43. The molecule has 1 N–H and O–H groups in total. The van der Waals surface area contributed by atoms with Gasteiger partial charge in [0.2, 0.25) is 21.8 Å². The molecule has 2 aromatic rings. The molecule has 0 aliphatic carbocycles. The number of carbonyl (C=O) groups is 2. The number of sulfonamides is 1. The van der Waals surface area contributed by atoms with Crippen LogP contribution in [0.5, 0.6) is 0 Å². The molecular formula is C25H34ClN3O4S. The summed E-state index contributed by atoms with van der Waals surface area (Å²) in [7, 11) is -3.81. The van der Waals surface area contributed by atoms with Crippen LogP contribution in [0.15, 0.2) is 42.5 Å². The predicted octanol–water partition coefficient (Wildman–Crippen LogP) is 4.05. The quantitative estimate of drug-likeness (QED) is 0.525. The van der Waals surface area contributed by atoms with Crippen molar-refractivity contribution in [3.05, 3.63) is 64.2 Å². The Balaban J connectivity index is 2.48. The number of hydrogen-bond acceptors (Lipinski definition) is 4. The molecule has 34 heavy (non-hydrogen) atoms. The number of rotatable bonds is 10. The number of halogens is 1. The fraction of sp³-hybridized carbons (Fsp3) is 0.440. The van der Waals surface area contributed by atoms with Gasteiger partial charge in [0.05, 0.1) is 11.9 Å². The van der Waals surface area contributed by atoms with Crippen LogP contribution in [0.3, 0.4) is 0 Å². The molecule has 0 aliphatic heterocycles. The number of nitrogens with zero attached hydrogens (tertiary/aromatic N) is 2. The van der Waals surface area contributed by atoms with Crippen LogP contribution in [0.4, 0.5) is 5.69 Å². The Morgan fingerprint density at radius 2 is 1.68 bits per heavy atom. The summed E-state index contributed by atoms with van der Waals surface area (Å²) in [4.78, 5) is 28.1. The molecule has 0 saturated heterocycles. The number of benzene rings is 2. The Hall–Kier alpha value is -2.58. The van der Waals surface area contributed by atoms with Gasteiger partial charge in [0, 0.05) is 17.6 Å². The first-order chi connectivity index (χ1) is 15.8. The summed E-state index contributed by atoms with van der Waals surface area (Å²) >= 11 is 6.22. The van der Waals surface area contributed by atoms with E-state index in [-0.39, 0.29) is 18.5 Å². The van der Waals surface area contributed by atoms with E-state index >= 15 is 0 Å². The Morgan fingerprint density at radius 3 is 2.21 bits per heavy atom. The zero-order valence-corrected chi connectivity index (χ0v) is 22.2. The lowest BCUT2D eigenvalue weighted by molar-refractivity contribution is -0.140. The molecule has 2 amide bonds. The Labute approximate surface area is 208 Å². The first-order valence-corrected chi connectivity index (χ1v) is 13.5. The molecule has 0 bridgehead atoms. The van der Waals surface area contributed by atoms with E-state index in [4.69, 9.17) is 11.6 Å². The van der Waals surface area contributed by atoms with Gasteiger partial charge in [-0.1, -0.05) is 54.4 Å². The maximum Gasteiger partial charge on any atom is 0.244 e. The summed E-state index contributed by atoms with van der Waals surface area (Å²) in [5.41, 5.74) is 2.81. The highest BCUT2D eigenvalue weighted by Gasteiger charge is 2.32. The molecular weight excluding hydrogens is 474 g/mol. The number of anilines is 1. The summed E-state index contributed by atoms with van der Waals surface area (Å²) in [5.74, 6) is -0.751. The molecule has 2 aromatic carbocycles. The zero-order valence-electron chi connectivity index (χ0n) is 20.6. The lowest BCUT2D eigenvalue weighted by Crippen LogP contribution is -2.53. The number of aryl methyl sites for hydroxylation is 1. The highest BCUT2D eigenvalue weighted by atomic mass is 35.5. The second kappa shape index (κ2) is 11.7. The van der Waals surface area contributed by atoms with Gasteiger partial charge < -0.3 is 10.2 Å². The van der Waals surface area contributed by atoms with Crippen LogP contribution in [-0.4, -0.2) is 50.0 Å². The first kappa shape index (κ1) is 27.7. The maximum absolute atomic E-state index is 13.6. The normalized spacial score (nSPS) is 12.4. The van der Waals surface area contributed by atoms with Gasteiger partial charge in [-0.15, -0.1) is 0 Å². The van der Waals surface area contributed by atoms with Crippen molar-refractivity contribution in [3.63, 3.8) is 0 Å². The van der Waals surface area contributed by atoms with Gasteiger partial charge in [0.25, 0.3) is 0 Å². The van der Waals surface area contributed by atoms with Gasteiger partial charge in [0.15, 0.2) is 0 Å². The molecule has 1 atom stereocenters. The maximum atomic E-state index is 13.6. The van der Waals surface area contributed by atoms with E-state index in [2.05, 4.69) is 5.32 Å². The summed E-state index contributed by atoms with van der Waals surface area (Å²) in [6, 6.07) is 11.7. The highest BCUT2D eigenvalue weighted by molar-refractivity contribution is 7.92. The Kier molecular flexibility index (Phi) is 9.53. The fourth-order valence-corrected chi connectivity index (χ4v) is 4.72. The first-order valence-electron chi connectivity index (χ1n) is 11.2. The molecule has 2 rings (SSSR count). The van der Waals surface area contributed by atoms with E-state index in [1.807, 2.05) is 52.0 Å². The average molecular weight is 508 g/mol. The van der Waals surface area contributed by atoms with Gasteiger partial charge >= 0.3 is 0 Å². The van der Waals surface area contributed by atoms with Crippen LogP contribution in [0.25, 0.3) is 0 Å². The molecule has 7 nitrogen and oxygen atoms in total. The van der Waals surface area contributed by atoms with E-state index < -0.39 is 28.5 Å². The summed E-state index contributed by atoms with van der Waals surface area (Å²) < 4.78 is 26.4. The van der Waals surface area contributed by atoms with E-state index in [1.54, 1.807) is 25.1 Å². The third-order valence-electron chi connectivity index (χ3n) is 5.48. The van der Waals surface area contributed by atoms with Crippen LogP contribution in [0.2, 0.25) is 5.02 Å². The predicted molar refractivity (Wildman–Crippen MR) is 137 cm³/mol. The highest BCUT2D eigenvalue weighted by Crippen LogP contribution is 2.28. The summed E-state index contributed by atoms with van der Waals surface area (Å²) in [5, 5.41) is 3.27. The van der Waals surface area contributed by atoms with Gasteiger partial charge in [-0.2, -0.15) is 0 Å². The molecule has 0 unspecified atom stereocenters. The van der Waals surface area contributed by atoms with Crippen molar-refractivity contribution in [1.82, 2.24) is 10.2 Å². The fourth-order valence-electron chi connectivity index (χ4n) is 3.65. The number of hydrogen-bond donors (Lipinski definition) is 1. The number of nitrogens with one attached hydrogen (secondary N) is 1. The van der Waals surface area contributed by atoms with Crippen molar-refractivity contribution in [3.8, 4) is 0 Å². The molecule has 0 saturated carbocycles. The molecule has 186 valence electrons. The number of carbonyl (C=O) groups excluding carboxylic acids is 2. The van der Waals surface area contributed by atoms with Gasteiger partial charge in [-0.3, -0.25) is 13.9 Å². The van der Waals surface area contributed by atoms with Crippen LogP contribution < -0.4 is 9.62 Å². The van der Waals surface area contributed by atoms with Gasteiger partial charge in [-0.25, -0.2) is 8.42 Å². The van der Waals surface area contributed by atoms with Crippen molar-refractivity contribution in [1.29, 1.82) is 0 Å². The Bertz CT molecular complexity index is 1120. The Morgan fingerprint density at radius 1 is 1.06 bits per heavy atom. The molecule has 0 fully saturated rings. The van der Waals surface area contributed by atoms with Crippen molar-refractivity contribution in [2.45, 2.75) is 59.7 Å². The molecule has 0 spiro atoms. The van der Waals surface area contributed by atoms with E-state index in [0.717, 1.165) is 21.7 Å². The average Bonchev–Trinajstić information content (AvgIpc) is 2.74. The van der Waals surface area contributed by atoms with Crippen molar-refractivity contribution in [2.24, 2.45) is 0 Å². The molecule has 0 radical (unpaired) electrons. The third kappa shape index (κ3) is 7.21. The lowest BCUT2D eigenvalue weighted by Gasteiger charge is -2.33. The summed E-state index contributed by atoms with van der Waals surface area (Å²) in [6.45, 7) is 8.93. The van der Waals surface area contributed by atoms with Crippen molar-refractivity contribution < 1.29 is 18.0 Å². The molecule has 0 aromatic heterocycles. The van der Waals surface area contributed by atoms with Gasteiger partial charge in [0.1, 0.15) is 12.6 Å². The molecule has 0 aliphatic rings. The standard InChI is InChI=1S/C25H34ClN3O4S/c1-7-22(25(31)27-17(2)3)28(15-20-13-11-18(4)12-14-20)24(30)16-29(34(6,32)33)23-10-8-9-21(26)19(23)5/h8-14,17,22H,7,15-16H2,1-6H3,(H,27,31)/t22-/m1/s1. The molecule has 0 heterocycles. The minimum absolute atomic E-state index is 0.0977. The monoisotopic (exact) mass is 507 g/mol. The largest absolute Gasteiger partial charge is 0.352 e. The zero-order chi connectivity index (χ0) is 25.6. The third-order valence-corrected chi connectivity index (χ3v) is 7.01. The van der Waals surface area contributed by atoms with Crippen molar-refractivity contribution >= 4 is 39.1 Å². The van der Waals surface area contributed by atoms with E-state index in [9.17, 15) is 18.0 Å². The van der Waals surface area contributed by atoms with E-state index in [1.165, 1.54) is 4.90 Å². The lowest BCUT2D eigenvalue weighted by atomic mass is 10.1. The van der Waals surface area contributed by atoms with Crippen molar-refractivity contribution in [2.75, 3.05) is 17.1 Å². The number of amides is 2. The van der Waals surface area contributed by atoms with Gasteiger partial charge in [-0.05, 0) is 57.4 Å². The minimum atomic E-state index is -3.81. The SMILES string of the molecule is CC[C@H](C(=O)NC(C)C)N(Cc1ccc(C)cc1)C(=O)CN(c1cccc(Cl)c1C)S(C)(=O)=O. The smallest absolute Gasteiger partial charge is 0.244 e. The van der Waals surface area contributed by atoms with E-state index in [0.29, 0.717) is 22.7 Å². The molecule has 9 heteroatoms. The minimum Gasteiger partial charge on any atom is -0.352 e. The second-order valence-corrected chi connectivity index (χ2v) is 11.1. The van der Waals surface area contributed by atoms with Crippen LogP contribution in [-0.2, 0) is 26.2 Å². The van der Waals surface area contributed by atoms with Crippen LogP contribution in [0.1, 0.15) is 43.9 Å². The van der Waals surface area contributed by atoms with Crippen LogP contribution >= 0.6 is 11.6 Å². The topological polar surface area (TPSA) is 86.8 Å². The second-order valence-electron chi connectivity index (χ2n) is 8.75. The van der Waals surface area contributed by atoms with Crippen LogP contribution in [0, 0.1) is 13.8 Å².